The Morgan fingerprint density at radius 2 is 1.35 bits per heavy atom. The topological polar surface area (TPSA) is 12.0 Å². The summed E-state index contributed by atoms with van der Waals surface area (Å²) < 4.78 is 4.69. The molecule has 0 atom stereocenters. The zero-order valence-corrected chi connectivity index (χ0v) is 24.0. The van der Waals surface area contributed by atoms with Crippen LogP contribution in [-0.4, -0.2) is 11.6 Å². The monoisotopic (exact) mass is 491 g/mol. The van der Waals surface area contributed by atoms with E-state index in [-0.39, 0.29) is 10.8 Å². The molecule has 0 bridgehead atoms. The molecular weight excluding hydrogens is 450 g/mol. The van der Waals surface area contributed by atoms with Crippen LogP contribution in [0.1, 0.15) is 102 Å². The molecule has 3 nitrogen and oxygen atoms in total. The second-order valence-corrected chi connectivity index (χ2v) is 13.2. The molecule has 0 radical (unpaired) electrons. The van der Waals surface area contributed by atoms with Crippen LogP contribution >= 0.6 is 0 Å². The molecular formula is C34H41N3. The second kappa shape index (κ2) is 7.96. The van der Waals surface area contributed by atoms with Gasteiger partial charge in [-0.3, -0.25) is 9.13 Å². The van der Waals surface area contributed by atoms with Gasteiger partial charge in [-0.05, 0) is 76.0 Å². The largest absolute Gasteiger partial charge is 0.351 e. The Labute approximate surface area is 222 Å². The molecule has 0 amide bonds. The minimum absolute atomic E-state index is 0.159. The zero-order valence-electron chi connectivity index (χ0n) is 24.0. The molecule has 0 saturated carbocycles. The van der Waals surface area contributed by atoms with Crippen LogP contribution in [0.15, 0.2) is 48.5 Å². The highest BCUT2D eigenvalue weighted by atomic mass is 15.2. The van der Waals surface area contributed by atoms with E-state index in [1.807, 2.05) is 0 Å². The minimum atomic E-state index is 0.159. The van der Waals surface area contributed by atoms with E-state index in [4.69, 9.17) is 0 Å². The van der Waals surface area contributed by atoms with Crippen molar-refractivity contribution < 1.29 is 4.57 Å². The van der Waals surface area contributed by atoms with Gasteiger partial charge >= 0.3 is 0 Å². The van der Waals surface area contributed by atoms with E-state index < -0.39 is 0 Å². The highest BCUT2D eigenvalue weighted by Gasteiger charge is 2.39. The number of anilines is 2. The molecule has 0 unspecified atom stereocenters. The Kier molecular flexibility index (Phi) is 5.23. The molecule has 37 heavy (non-hydrogen) atoms. The molecule has 4 aromatic rings. The molecule has 2 aliphatic rings. The van der Waals surface area contributed by atoms with Crippen molar-refractivity contribution in [2.45, 2.75) is 90.9 Å². The first-order chi connectivity index (χ1) is 17.4. The maximum Gasteiger partial charge on any atom is 0.269 e. The Morgan fingerprint density at radius 1 is 0.784 bits per heavy atom. The average Bonchev–Trinajstić information content (AvgIpc) is 3.24. The van der Waals surface area contributed by atoms with Crippen molar-refractivity contribution in [1.29, 1.82) is 0 Å². The molecule has 2 heterocycles. The fourth-order valence-electron chi connectivity index (χ4n) is 6.69. The molecule has 3 heteroatoms. The summed E-state index contributed by atoms with van der Waals surface area (Å²) in [6, 6.07) is 18.5. The summed E-state index contributed by atoms with van der Waals surface area (Å²) >= 11 is 0. The van der Waals surface area contributed by atoms with Crippen molar-refractivity contribution in [3.05, 3.63) is 77.1 Å². The van der Waals surface area contributed by atoms with Gasteiger partial charge in [0, 0.05) is 12.7 Å². The summed E-state index contributed by atoms with van der Waals surface area (Å²) in [6.45, 7) is 18.8. The SMILES string of the molecule is CC(C)c1cccc(C(C)C)c1-n1[c-][n+]2c3c(cccc31)N(C)c1cc3c(cc1-2)C(C)(C)CCC3(C)C. The lowest BCUT2D eigenvalue weighted by Crippen LogP contribution is -2.40. The van der Waals surface area contributed by atoms with Crippen molar-refractivity contribution in [2.75, 3.05) is 11.9 Å². The summed E-state index contributed by atoms with van der Waals surface area (Å²) in [5.41, 5.74) is 13.5. The molecule has 192 valence electrons. The number of benzene rings is 3. The van der Waals surface area contributed by atoms with Crippen LogP contribution in [-0.2, 0) is 10.8 Å². The lowest BCUT2D eigenvalue weighted by atomic mass is 9.63. The van der Waals surface area contributed by atoms with Gasteiger partial charge in [-0.2, -0.15) is 0 Å². The predicted molar refractivity (Wildman–Crippen MR) is 155 cm³/mol. The minimum Gasteiger partial charge on any atom is -0.351 e. The van der Waals surface area contributed by atoms with E-state index in [1.54, 1.807) is 0 Å². The molecule has 1 aliphatic heterocycles. The maximum atomic E-state index is 3.88. The fraction of sp³-hybridized carbons (Fsp3) is 0.441. The van der Waals surface area contributed by atoms with Gasteiger partial charge < -0.3 is 4.90 Å². The van der Waals surface area contributed by atoms with Crippen molar-refractivity contribution in [2.24, 2.45) is 0 Å². The Balaban J connectivity index is 1.70. The zero-order chi connectivity index (χ0) is 26.4. The lowest BCUT2D eigenvalue weighted by Gasteiger charge is -2.43. The van der Waals surface area contributed by atoms with Crippen LogP contribution in [0.25, 0.3) is 22.4 Å². The standard InChI is InChI=1S/C34H41N3/c1-21(2)23-12-10-13-24(22(3)4)31(23)36-20-37-30-19-26-25(33(5,6)16-17-34(26,7)8)18-29(30)35(9)27-14-11-15-28(36)32(27)37/h10-15,18-19,21-22H,16-17H2,1-9H3. The number of aromatic nitrogens is 2. The molecule has 1 aromatic heterocycles. The summed E-state index contributed by atoms with van der Waals surface area (Å²) in [7, 11) is 2.23. The van der Waals surface area contributed by atoms with Crippen LogP contribution in [0.3, 0.4) is 0 Å². The number of rotatable bonds is 3. The van der Waals surface area contributed by atoms with E-state index in [2.05, 4.69) is 131 Å². The molecule has 0 spiro atoms. The molecule has 6 rings (SSSR count). The van der Waals surface area contributed by atoms with E-state index in [0.29, 0.717) is 11.8 Å². The number of hydrogen-bond donors (Lipinski definition) is 0. The first-order valence-corrected chi connectivity index (χ1v) is 14.0. The molecule has 0 N–H and O–H groups in total. The number of nitrogens with zero attached hydrogens (tertiary/aromatic N) is 3. The quantitative estimate of drug-likeness (QED) is 0.207. The van der Waals surface area contributed by atoms with E-state index in [9.17, 15) is 0 Å². The Bertz CT molecular complexity index is 1520. The van der Waals surface area contributed by atoms with Crippen LogP contribution in [0.5, 0.6) is 0 Å². The van der Waals surface area contributed by atoms with E-state index in [1.165, 1.54) is 68.9 Å². The van der Waals surface area contributed by atoms with Crippen LogP contribution < -0.4 is 9.47 Å². The Hall–Kier alpha value is -3.07. The highest BCUT2D eigenvalue weighted by Crippen LogP contribution is 2.49. The van der Waals surface area contributed by atoms with Gasteiger partial charge in [0.25, 0.3) is 6.33 Å². The molecule has 1 aliphatic carbocycles. The summed E-state index contributed by atoms with van der Waals surface area (Å²) in [5, 5.41) is 0. The first kappa shape index (κ1) is 24.3. The smallest absolute Gasteiger partial charge is 0.269 e. The highest BCUT2D eigenvalue weighted by molar-refractivity contribution is 5.93. The van der Waals surface area contributed by atoms with Crippen LogP contribution in [0.2, 0.25) is 0 Å². The number of para-hydroxylation sites is 2. The third kappa shape index (κ3) is 3.42. The van der Waals surface area contributed by atoms with Gasteiger partial charge in [0.05, 0.1) is 22.6 Å². The number of hydrogen-bond acceptors (Lipinski definition) is 1. The van der Waals surface area contributed by atoms with E-state index >= 15 is 0 Å². The van der Waals surface area contributed by atoms with Gasteiger partial charge in [0.15, 0.2) is 0 Å². The predicted octanol–water partition coefficient (Wildman–Crippen LogP) is 8.38. The normalized spacial score (nSPS) is 17.4. The van der Waals surface area contributed by atoms with Gasteiger partial charge in [-0.15, -0.1) is 0 Å². The number of imidazole rings is 1. The van der Waals surface area contributed by atoms with E-state index in [0.717, 1.165) is 0 Å². The van der Waals surface area contributed by atoms with Gasteiger partial charge in [-0.1, -0.05) is 85.7 Å². The van der Waals surface area contributed by atoms with Crippen LogP contribution in [0.4, 0.5) is 11.4 Å². The Morgan fingerprint density at radius 3 is 1.95 bits per heavy atom. The van der Waals surface area contributed by atoms with Crippen molar-refractivity contribution in [3.8, 4) is 11.4 Å². The third-order valence-electron chi connectivity index (χ3n) is 9.14. The lowest BCUT2D eigenvalue weighted by molar-refractivity contribution is -0.572. The molecule has 0 saturated heterocycles. The van der Waals surface area contributed by atoms with Crippen molar-refractivity contribution in [3.63, 3.8) is 0 Å². The third-order valence-corrected chi connectivity index (χ3v) is 9.14. The van der Waals surface area contributed by atoms with Crippen molar-refractivity contribution >= 4 is 22.4 Å². The van der Waals surface area contributed by atoms with Gasteiger partial charge in [-0.25, -0.2) is 0 Å². The summed E-state index contributed by atoms with van der Waals surface area (Å²) in [4.78, 5) is 2.39. The summed E-state index contributed by atoms with van der Waals surface area (Å²) in [5.74, 6) is 0.845. The number of fused-ring (bicyclic) bond motifs is 3. The van der Waals surface area contributed by atoms with Crippen LogP contribution in [0, 0.1) is 6.33 Å². The van der Waals surface area contributed by atoms with Gasteiger partial charge in [0.2, 0.25) is 0 Å². The summed E-state index contributed by atoms with van der Waals surface area (Å²) in [6.07, 6.45) is 6.31. The molecule has 3 aromatic carbocycles. The first-order valence-electron chi connectivity index (χ1n) is 14.0. The van der Waals surface area contributed by atoms with Crippen molar-refractivity contribution in [1.82, 2.24) is 4.57 Å². The second-order valence-electron chi connectivity index (χ2n) is 13.2. The fourth-order valence-corrected chi connectivity index (χ4v) is 6.69. The van der Waals surface area contributed by atoms with Gasteiger partial charge in [0.1, 0.15) is 5.52 Å². The maximum absolute atomic E-state index is 3.88. The average molecular weight is 492 g/mol. The molecule has 0 fully saturated rings.